The molecule has 0 bridgehead atoms. The number of hydrogen-bond acceptors (Lipinski definition) is 9. The van der Waals surface area contributed by atoms with Crippen molar-refractivity contribution in [2.45, 2.75) is 62.7 Å². The minimum Gasteiger partial charge on any atom is -0.480 e. The molecule has 1 aromatic heterocycles. The Kier molecular flexibility index (Phi) is 15.0. The summed E-state index contributed by atoms with van der Waals surface area (Å²) in [5, 5.41) is 17.0. The summed E-state index contributed by atoms with van der Waals surface area (Å²) in [6, 6.07) is -4.57. The molecule has 0 saturated heterocycles. The molecule has 218 valence electrons. The third kappa shape index (κ3) is 13.5. The van der Waals surface area contributed by atoms with Gasteiger partial charge in [0, 0.05) is 31.3 Å². The fraction of sp³-hybridized carbons (Fsp3) is 0.591. The molecule has 16 nitrogen and oxygen atoms in total. The van der Waals surface area contributed by atoms with E-state index < -0.39 is 53.8 Å². The van der Waals surface area contributed by atoms with Gasteiger partial charge in [-0.25, -0.2) is 9.78 Å². The number of carboxylic acids is 1. The molecule has 1 heterocycles. The number of amides is 4. The van der Waals surface area contributed by atoms with Crippen LogP contribution >= 0.6 is 11.8 Å². The second-order valence-electron chi connectivity index (χ2n) is 8.64. The van der Waals surface area contributed by atoms with Gasteiger partial charge in [-0.1, -0.05) is 0 Å². The van der Waals surface area contributed by atoms with E-state index in [-0.39, 0.29) is 51.0 Å². The quantitative estimate of drug-likeness (QED) is 0.0455. The van der Waals surface area contributed by atoms with Crippen molar-refractivity contribution in [1.29, 1.82) is 0 Å². The molecule has 0 saturated carbocycles. The number of carbonyl (C=O) groups excluding carboxylic acids is 4. The molecule has 39 heavy (non-hydrogen) atoms. The molecule has 13 N–H and O–H groups in total. The lowest BCUT2D eigenvalue weighted by atomic mass is 10.1. The molecule has 0 aliphatic carbocycles. The number of nitrogens with two attached hydrogens (primary N) is 4. The summed E-state index contributed by atoms with van der Waals surface area (Å²) < 4.78 is 0. The number of H-pyrrole nitrogens is 1. The summed E-state index contributed by atoms with van der Waals surface area (Å²) in [5.41, 5.74) is 22.4. The number of carbonyl (C=O) groups is 5. The predicted octanol–water partition coefficient (Wildman–Crippen LogP) is -3.11. The van der Waals surface area contributed by atoms with Gasteiger partial charge >= 0.3 is 5.97 Å². The first-order chi connectivity index (χ1) is 18.4. The van der Waals surface area contributed by atoms with E-state index in [2.05, 4.69) is 30.9 Å². The van der Waals surface area contributed by atoms with Gasteiger partial charge < -0.3 is 49.0 Å². The molecule has 1 aromatic rings. The highest BCUT2D eigenvalue weighted by atomic mass is 32.2. The van der Waals surface area contributed by atoms with E-state index in [9.17, 15) is 29.1 Å². The predicted molar refractivity (Wildman–Crippen MR) is 145 cm³/mol. The highest BCUT2D eigenvalue weighted by Gasteiger charge is 2.30. The fourth-order valence-corrected chi connectivity index (χ4v) is 3.84. The van der Waals surface area contributed by atoms with Crippen molar-refractivity contribution in [3.8, 4) is 0 Å². The number of rotatable bonds is 19. The van der Waals surface area contributed by atoms with Gasteiger partial charge in [0.15, 0.2) is 5.96 Å². The lowest BCUT2D eigenvalue weighted by Crippen LogP contribution is -2.57. The van der Waals surface area contributed by atoms with Crippen molar-refractivity contribution in [1.82, 2.24) is 25.9 Å². The van der Waals surface area contributed by atoms with E-state index >= 15 is 0 Å². The number of nitrogens with zero attached hydrogens (tertiary/aromatic N) is 2. The Morgan fingerprint density at radius 2 is 1.62 bits per heavy atom. The molecule has 0 spiro atoms. The molecular formula is C22H38N10O6S. The SMILES string of the molecule is CSCCC(NC(=O)C(N)Cc1cnc[nH]1)C(=O)NC(CCCN=C(N)N)C(=O)NC(CCC(N)=O)C(=O)O. The molecule has 0 aromatic carbocycles. The Morgan fingerprint density at radius 1 is 1.00 bits per heavy atom. The first kappa shape index (κ1) is 33.2. The van der Waals surface area contributed by atoms with Crippen molar-refractivity contribution in [2.24, 2.45) is 27.9 Å². The zero-order valence-electron chi connectivity index (χ0n) is 21.7. The van der Waals surface area contributed by atoms with E-state index in [4.69, 9.17) is 22.9 Å². The Morgan fingerprint density at radius 3 is 2.15 bits per heavy atom. The van der Waals surface area contributed by atoms with Gasteiger partial charge in [-0.2, -0.15) is 11.8 Å². The highest BCUT2D eigenvalue weighted by molar-refractivity contribution is 7.98. The lowest BCUT2D eigenvalue weighted by Gasteiger charge is -2.25. The number of nitrogens with one attached hydrogen (secondary N) is 4. The van der Waals surface area contributed by atoms with Crippen LogP contribution in [0.15, 0.2) is 17.5 Å². The number of carboxylic acid groups (broad SMARTS) is 1. The van der Waals surface area contributed by atoms with Crippen LogP contribution in [0.2, 0.25) is 0 Å². The first-order valence-corrected chi connectivity index (χ1v) is 13.5. The standard InChI is InChI=1S/C22H38N10O6S/c1-39-8-6-15(30-18(34)13(23)9-12-10-27-11-29-12)20(36)31-14(3-2-7-28-22(25)26)19(35)32-16(21(37)38)4-5-17(24)33/h10-11,13-16H,2-9,23H2,1H3,(H2,24,33)(H,27,29)(H,30,34)(H,31,36)(H,32,35)(H,37,38)(H4,25,26,28). The van der Waals surface area contributed by atoms with Crippen LogP contribution in [0.25, 0.3) is 0 Å². The molecule has 4 unspecified atom stereocenters. The van der Waals surface area contributed by atoms with Crippen LogP contribution in [0.3, 0.4) is 0 Å². The minimum atomic E-state index is -1.41. The topological polar surface area (TPSA) is 287 Å². The normalized spacial score (nSPS) is 13.8. The van der Waals surface area contributed by atoms with Crippen LogP contribution in [0, 0.1) is 0 Å². The van der Waals surface area contributed by atoms with Gasteiger partial charge in [-0.15, -0.1) is 0 Å². The number of hydrogen-bond donors (Lipinski definition) is 9. The van der Waals surface area contributed by atoms with Crippen molar-refractivity contribution in [3.63, 3.8) is 0 Å². The summed E-state index contributed by atoms with van der Waals surface area (Å²) in [7, 11) is 0. The van der Waals surface area contributed by atoms with Gasteiger partial charge in [0.25, 0.3) is 0 Å². The molecule has 0 radical (unpaired) electrons. The lowest BCUT2D eigenvalue weighted by molar-refractivity contribution is -0.142. The number of aliphatic imine (C=N–C) groups is 1. The van der Waals surface area contributed by atoms with Crippen LogP contribution in [0.5, 0.6) is 0 Å². The molecule has 17 heteroatoms. The largest absolute Gasteiger partial charge is 0.480 e. The zero-order valence-corrected chi connectivity index (χ0v) is 22.5. The van der Waals surface area contributed by atoms with Gasteiger partial charge in [0.2, 0.25) is 23.6 Å². The number of thioether (sulfide) groups is 1. The number of aromatic nitrogens is 2. The summed E-state index contributed by atoms with van der Waals surface area (Å²) >= 11 is 1.45. The zero-order chi connectivity index (χ0) is 29.4. The number of aromatic amines is 1. The smallest absolute Gasteiger partial charge is 0.326 e. The molecular weight excluding hydrogens is 532 g/mol. The van der Waals surface area contributed by atoms with Crippen molar-refractivity contribution >= 4 is 47.3 Å². The molecule has 0 aliphatic heterocycles. The van der Waals surface area contributed by atoms with Gasteiger partial charge in [-0.05, 0) is 37.7 Å². The maximum Gasteiger partial charge on any atom is 0.326 e. The Bertz CT molecular complexity index is 986. The Balaban J connectivity index is 2.99. The van der Waals surface area contributed by atoms with Crippen LogP contribution in [-0.4, -0.2) is 93.4 Å². The van der Waals surface area contributed by atoms with Gasteiger partial charge in [0.05, 0.1) is 12.4 Å². The third-order valence-electron chi connectivity index (χ3n) is 5.45. The third-order valence-corrected chi connectivity index (χ3v) is 6.09. The number of primary amides is 1. The van der Waals surface area contributed by atoms with E-state index in [0.717, 1.165) is 0 Å². The van der Waals surface area contributed by atoms with Crippen LogP contribution < -0.4 is 38.9 Å². The molecule has 0 fully saturated rings. The van der Waals surface area contributed by atoms with E-state index in [0.29, 0.717) is 11.4 Å². The number of guanidine groups is 1. The molecule has 0 aliphatic rings. The van der Waals surface area contributed by atoms with E-state index in [1.54, 1.807) is 0 Å². The van der Waals surface area contributed by atoms with Crippen LogP contribution in [-0.2, 0) is 30.4 Å². The maximum atomic E-state index is 13.2. The van der Waals surface area contributed by atoms with Gasteiger partial charge in [0.1, 0.15) is 18.1 Å². The van der Waals surface area contributed by atoms with E-state index in [1.165, 1.54) is 24.3 Å². The second-order valence-corrected chi connectivity index (χ2v) is 9.63. The van der Waals surface area contributed by atoms with Crippen molar-refractivity contribution in [2.75, 3.05) is 18.6 Å². The summed E-state index contributed by atoms with van der Waals surface area (Å²) in [6.07, 6.45) is 5.06. The number of imidazole rings is 1. The van der Waals surface area contributed by atoms with Crippen LogP contribution in [0.4, 0.5) is 0 Å². The highest BCUT2D eigenvalue weighted by Crippen LogP contribution is 2.07. The summed E-state index contributed by atoms with van der Waals surface area (Å²) in [6.45, 7) is 0.154. The molecule has 1 rings (SSSR count). The average molecular weight is 571 g/mol. The average Bonchev–Trinajstić information content (AvgIpc) is 3.38. The van der Waals surface area contributed by atoms with Gasteiger partial charge in [-0.3, -0.25) is 24.2 Å². The first-order valence-electron chi connectivity index (χ1n) is 12.1. The van der Waals surface area contributed by atoms with Crippen molar-refractivity contribution in [3.05, 3.63) is 18.2 Å². The Labute approximate surface area is 229 Å². The summed E-state index contributed by atoms with van der Waals surface area (Å²) in [5.74, 6) is -3.75. The fourth-order valence-electron chi connectivity index (χ4n) is 3.37. The van der Waals surface area contributed by atoms with E-state index in [1.807, 2.05) is 6.26 Å². The monoisotopic (exact) mass is 570 g/mol. The summed E-state index contributed by atoms with van der Waals surface area (Å²) in [4.78, 5) is 72.1. The molecule has 4 amide bonds. The van der Waals surface area contributed by atoms with Crippen molar-refractivity contribution < 1.29 is 29.1 Å². The Hall–Kier alpha value is -3.86. The van der Waals surface area contributed by atoms with Crippen LogP contribution in [0.1, 0.15) is 37.8 Å². The second kappa shape index (κ2) is 17.6. The maximum absolute atomic E-state index is 13.2. The molecule has 4 atom stereocenters. The number of aliphatic carboxylic acids is 1. The minimum absolute atomic E-state index is 0.0546.